The second kappa shape index (κ2) is 5.99. The van der Waals surface area contributed by atoms with Gasteiger partial charge in [0.2, 0.25) is 0 Å². The van der Waals surface area contributed by atoms with Crippen molar-refractivity contribution in [3.63, 3.8) is 0 Å². The van der Waals surface area contributed by atoms with E-state index in [1.54, 1.807) is 0 Å². The Morgan fingerprint density at radius 3 is 2.25 bits per heavy atom. The number of hydrogen-bond donors (Lipinski definition) is 0. The lowest BCUT2D eigenvalue weighted by Crippen LogP contribution is -2.61. The molecule has 0 aromatic heterocycles. The molecule has 2 saturated carbocycles. The summed E-state index contributed by atoms with van der Waals surface area (Å²) in [5, 5.41) is 0. The Kier molecular flexibility index (Phi) is 4.89. The third-order valence-electron chi connectivity index (χ3n) is 5.29. The highest BCUT2D eigenvalue weighted by Crippen LogP contribution is 2.62. The summed E-state index contributed by atoms with van der Waals surface area (Å²) < 4.78 is 6.03. The Morgan fingerprint density at radius 2 is 1.70 bits per heavy atom. The highest BCUT2D eigenvalue weighted by Gasteiger charge is 2.65. The first-order chi connectivity index (χ1) is 9.06. The molecule has 5 heteroatoms. The van der Waals surface area contributed by atoms with Crippen LogP contribution in [0.15, 0.2) is 4.99 Å². The standard InChI is InChI=1S/C15H27N3O.HI/c1-17(2)14(18(3)4)16-12-11-7-10-19-13(11)15(12)8-5-6-9-15;/h11-13H,5-10H2,1-4H3;1H. The summed E-state index contributed by atoms with van der Waals surface area (Å²) >= 11 is 0. The number of ether oxygens (including phenoxy) is 1. The number of fused-ring (bicyclic) bond motifs is 2. The zero-order valence-corrected chi connectivity index (χ0v) is 15.5. The maximum atomic E-state index is 6.03. The van der Waals surface area contributed by atoms with Crippen LogP contribution in [0.3, 0.4) is 0 Å². The van der Waals surface area contributed by atoms with Gasteiger partial charge >= 0.3 is 0 Å². The molecule has 0 aromatic rings. The van der Waals surface area contributed by atoms with Gasteiger partial charge in [-0.15, -0.1) is 24.0 Å². The average Bonchev–Trinajstić information content (AvgIpc) is 2.94. The van der Waals surface area contributed by atoms with Crippen LogP contribution in [-0.4, -0.2) is 62.7 Å². The van der Waals surface area contributed by atoms with E-state index in [-0.39, 0.29) is 24.0 Å². The summed E-state index contributed by atoms with van der Waals surface area (Å²) in [4.78, 5) is 9.41. The predicted molar refractivity (Wildman–Crippen MR) is 92.8 cm³/mol. The molecule has 0 radical (unpaired) electrons. The van der Waals surface area contributed by atoms with Crippen LogP contribution in [0.4, 0.5) is 0 Å². The fourth-order valence-electron chi connectivity index (χ4n) is 4.59. The molecule has 2 aliphatic carbocycles. The van der Waals surface area contributed by atoms with Crippen LogP contribution in [0, 0.1) is 11.3 Å². The van der Waals surface area contributed by atoms with Crippen LogP contribution in [0.5, 0.6) is 0 Å². The molecule has 1 heterocycles. The van der Waals surface area contributed by atoms with Gasteiger partial charge in [0.15, 0.2) is 5.96 Å². The van der Waals surface area contributed by atoms with Crippen LogP contribution in [0.1, 0.15) is 32.1 Å². The molecule has 3 unspecified atom stereocenters. The van der Waals surface area contributed by atoms with Gasteiger partial charge in [0, 0.05) is 46.1 Å². The quantitative estimate of drug-likeness (QED) is 0.389. The molecule has 3 rings (SSSR count). The second-order valence-electron chi connectivity index (χ2n) is 6.85. The van der Waals surface area contributed by atoms with Crippen molar-refractivity contribution < 1.29 is 4.74 Å². The van der Waals surface area contributed by atoms with Gasteiger partial charge in [0.25, 0.3) is 0 Å². The van der Waals surface area contributed by atoms with Gasteiger partial charge in [-0.25, -0.2) is 4.99 Å². The molecule has 1 aliphatic heterocycles. The summed E-state index contributed by atoms with van der Waals surface area (Å²) in [6.45, 7) is 0.947. The Bertz CT molecular complexity index is 367. The van der Waals surface area contributed by atoms with E-state index in [0.29, 0.717) is 23.5 Å². The molecule has 1 saturated heterocycles. The van der Waals surface area contributed by atoms with E-state index < -0.39 is 0 Å². The molecule has 1 spiro atoms. The summed E-state index contributed by atoms with van der Waals surface area (Å²) in [5.41, 5.74) is 0.373. The molecule has 3 aliphatic rings. The molecule has 3 fully saturated rings. The predicted octanol–water partition coefficient (Wildman–Crippen LogP) is 2.43. The smallest absolute Gasteiger partial charge is 0.195 e. The number of guanidine groups is 1. The maximum absolute atomic E-state index is 6.03. The lowest BCUT2D eigenvalue weighted by Gasteiger charge is -2.55. The van der Waals surface area contributed by atoms with Crippen molar-refractivity contribution in [2.45, 2.75) is 44.2 Å². The van der Waals surface area contributed by atoms with Crippen molar-refractivity contribution in [1.29, 1.82) is 0 Å². The minimum Gasteiger partial charge on any atom is -0.377 e. The van der Waals surface area contributed by atoms with Crippen molar-refractivity contribution in [1.82, 2.24) is 9.80 Å². The lowest BCUT2D eigenvalue weighted by molar-refractivity contribution is -0.117. The first kappa shape index (κ1) is 16.3. The van der Waals surface area contributed by atoms with Gasteiger partial charge in [-0.1, -0.05) is 12.8 Å². The van der Waals surface area contributed by atoms with E-state index in [1.165, 1.54) is 32.1 Å². The van der Waals surface area contributed by atoms with E-state index in [4.69, 9.17) is 9.73 Å². The molecule has 0 bridgehead atoms. The first-order valence-corrected chi connectivity index (χ1v) is 7.60. The van der Waals surface area contributed by atoms with E-state index in [1.807, 2.05) is 0 Å². The van der Waals surface area contributed by atoms with Crippen LogP contribution >= 0.6 is 24.0 Å². The molecular weight excluding hydrogens is 365 g/mol. The van der Waals surface area contributed by atoms with Crippen molar-refractivity contribution in [3.05, 3.63) is 0 Å². The van der Waals surface area contributed by atoms with E-state index in [2.05, 4.69) is 38.0 Å². The van der Waals surface area contributed by atoms with Crippen molar-refractivity contribution in [2.24, 2.45) is 16.3 Å². The zero-order chi connectivity index (χ0) is 13.6. The normalized spacial score (nSPS) is 33.1. The number of aliphatic imine (C=N–C) groups is 1. The van der Waals surface area contributed by atoms with Gasteiger partial charge in [0.05, 0.1) is 12.1 Å². The third-order valence-corrected chi connectivity index (χ3v) is 5.29. The van der Waals surface area contributed by atoms with Gasteiger partial charge in [-0.05, 0) is 19.3 Å². The maximum Gasteiger partial charge on any atom is 0.195 e. The van der Waals surface area contributed by atoms with Gasteiger partial charge < -0.3 is 14.5 Å². The first-order valence-electron chi connectivity index (χ1n) is 7.60. The molecule has 4 nitrogen and oxygen atoms in total. The highest BCUT2D eigenvalue weighted by molar-refractivity contribution is 14.0. The second-order valence-corrected chi connectivity index (χ2v) is 6.85. The largest absolute Gasteiger partial charge is 0.377 e. The molecule has 0 N–H and O–H groups in total. The van der Waals surface area contributed by atoms with Crippen LogP contribution < -0.4 is 0 Å². The van der Waals surface area contributed by atoms with Crippen molar-refractivity contribution in [2.75, 3.05) is 34.8 Å². The summed E-state index contributed by atoms with van der Waals surface area (Å²) in [7, 11) is 8.34. The Balaban J connectivity index is 0.00000147. The van der Waals surface area contributed by atoms with Crippen LogP contribution in [-0.2, 0) is 4.74 Å². The Hall–Kier alpha value is -0.0400. The lowest BCUT2D eigenvalue weighted by atomic mass is 9.54. The fraction of sp³-hybridized carbons (Fsp3) is 0.933. The van der Waals surface area contributed by atoms with Crippen LogP contribution in [0.25, 0.3) is 0 Å². The minimum atomic E-state index is 0. The Labute approximate surface area is 140 Å². The molecule has 116 valence electrons. The topological polar surface area (TPSA) is 28.1 Å². The number of hydrogen-bond acceptors (Lipinski definition) is 2. The molecule has 0 amide bonds. The van der Waals surface area contributed by atoms with E-state index >= 15 is 0 Å². The molecule has 0 aromatic carbocycles. The summed E-state index contributed by atoms with van der Waals surface area (Å²) in [6, 6.07) is 0.488. The van der Waals surface area contributed by atoms with Gasteiger partial charge in [-0.2, -0.15) is 0 Å². The molecule has 20 heavy (non-hydrogen) atoms. The number of nitrogens with zero attached hydrogens (tertiary/aromatic N) is 3. The average molecular weight is 393 g/mol. The fourth-order valence-corrected chi connectivity index (χ4v) is 4.59. The zero-order valence-electron chi connectivity index (χ0n) is 13.1. The van der Waals surface area contributed by atoms with Crippen molar-refractivity contribution in [3.8, 4) is 0 Å². The monoisotopic (exact) mass is 393 g/mol. The minimum absolute atomic E-state index is 0. The van der Waals surface area contributed by atoms with E-state index in [9.17, 15) is 0 Å². The summed E-state index contributed by atoms with van der Waals surface area (Å²) in [5.74, 6) is 1.77. The van der Waals surface area contributed by atoms with Gasteiger partial charge in [-0.3, -0.25) is 0 Å². The number of halogens is 1. The highest BCUT2D eigenvalue weighted by atomic mass is 127. The van der Waals surface area contributed by atoms with Crippen LogP contribution in [0.2, 0.25) is 0 Å². The molecule has 3 atom stereocenters. The van der Waals surface area contributed by atoms with E-state index in [0.717, 1.165) is 12.6 Å². The van der Waals surface area contributed by atoms with Gasteiger partial charge in [0.1, 0.15) is 0 Å². The third kappa shape index (κ3) is 2.34. The SMILES string of the molecule is CN(C)C(=NC1C2CCOC2C12CCCC2)N(C)C.I. The Morgan fingerprint density at radius 1 is 1.10 bits per heavy atom. The molecular formula is C15H28IN3O. The number of rotatable bonds is 1. The van der Waals surface area contributed by atoms with Crippen molar-refractivity contribution >= 4 is 29.9 Å². The summed E-state index contributed by atoms with van der Waals surface area (Å²) in [6.07, 6.45) is 7.06.